The van der Waals surface area contributed by atoms with Crippen molar-refractivity contribution in [3.05, 3.63) is 99.9 Å². The zero-order valence-electron chi connectivity index (χ0n) is 27.4. The number of aliphatic hydroxyl groups is 1. The van der Waals surface area contributed by atoms with Gasteiger partial charge in [0.1, 0.15) is 18.4 Å². The Morgan fingerprint density at radius 2 is 1.22 bits per heavy atom. The zero-order chi connectivity index (χ0) is 32.2. The molecule has 236 valence electrons. The highest BCUT2D eigenvalue weighted by molar-refractivity contribution is 5.94. The number of fused-ring (bicyclic) bond motifs is 2. The number of aryl methyl sites for hydroxylation is 4. The molecule has 3 aromatic carbocycles. The van der Waals surface area contributed by atoms with Gasteiger partial charge in [0.15, 0.2) is 0 Å². The highest BCUT2D eigenvalue weighted by Gasteiger charge is 2.18. The summed E-state index contributed by atoms with van der Waals surface area (Å²) in [6.07, 6.45) is 5.06. The molecule has 2 aliphatic rings. The van der Waals surface area contributed by atoms with Gasteiger partial charge in [-0.15, -0.1) is 0 Å². The van der Waals surface area contributed by atoms with Gasteiger partial charge in [0.05, 0.1) is 23.2 Å². The minimum Gasteiger partial charge on any atom is -0.488 e. The average molecular weight is 614 g/mol. The predicted molar refractivity (Wildman–Crippen MR) is 187 cm³/mol. The van der Waals surface area contributed by atoms with Crippen molar-refractivity contribution >= 4 is 33.2 Å². The molecule has 7 rings (SSSR count). The molecule has 0 radical (unpaired) electrons. The van der Waals surface area contributed by atoms with Gasteiger partial charge in [0, 0.05) is 59.7 Å². The Hall–Kier alpha value is -4.67. The van der Waals surface area contributed by atoms with E-state index in [-0.39, 0.29) is 6.61 Å². The Morgan fingerprint density at radius 1 is 0.717 bits per heavy atom. The summed E-state index contributed by atoms with van der Waals surface area (Å²) in [4.78, 5) is 14.3. The number of pyridine rings is 2. The van der Waals surface area contributed by atoms with Crippen LogP contribution in [0.15, 0.2) is 60.7 Å². The summed E-state index contributed by atoms with van der Waals surface area (Å²) in [5.74, 6) is 0.620. The molecule has 0 unspecified atom stereocenters. The Morgan fingerprint density at radius 3 is 1.74 bits per heavy atom. The lowest BCUT2D eigenvalue weighted by Gasteiger charge is -2.21. The number of aliphatic hydroxyl groups excluding tert-OH is 1. The van der Waals surface area contributed by atoms with Crippen molar-refractivity contribution in [2.24, 2.45) is 0 Å². The molecule has 2 aliphatic heterocycles. The Labute approximate surface area is 272 Å². The third-order valence-electron chi connectivity index (χ3n) is 9.20. The number of nitrogens with zero attached hydrogens (tertiary/aromatic N) is 5. The number of ether oxygens (including phenoxy) is 1. The number of aromatic nitrogens is 2. The fraction of sp³-hybridized carbons (Fsp3) is 0.359. The van der Waals surface area contributed by atoms with E-state index in [0.717, 1.165) is 65.3 Å². The second-order valence-electron chi connectivity index (χ2n) is 12.6. The maximum absolute atomic E-state index is 9.39. The molecule has 2 saturated heterocycles. The van der Waals surface area contributed by atoms with E-state index in [1.807, 2.05) is 31.2 Å². The van der Waals surface area contributed by atoms with Crippen molar-refractivity contribution in [3.63, 3.8) is 0 Å². The van der Waals surface area contributed by atoms with E-state index in [4.69, 9.17) is 9.72 Å². The SMILES string of the molecule is Cc1cc(N2CCCC2)c2cc(C)c(CO)cc2n1.Cc1cc(N2CCCC2)c2cc(C)c(COc3ccccc3C#N)cc2n1. The first-order chi connectivity index (χ1) is 22.3. The van der Waals surface area contributed by atoms with Gasteiger partial charge in [-0.25, -0.2) is 0 Å². The topological polar surface area (TPSA) is 85.5 Å². The van der Waals surface area contributed by atoms with Crippen LogP contribution in [0.3, 0.4) is 0 Å². The van der Waals surface area contributed by atoms with Gasteiger partial charge < -0.3 is 19.6 Å². The number of rotatable bonds is 6. The van der Waals surface area contributed by atoms with Crippen LogP contribution in [0, 0.1) is 39.0 Å². The van der Waals surface area contributed by atoms with Gasteiger partial charge in [0.25, 0.3) is 0 Å². The highest BCUT2D eigenvalue weighted by atomic mass is 16.5. The minimum atomic E-state index is 0.0798. The maximum Gasteiger partial charge on any atom is 0.137 e. The first-order valence-electron chi connectivity index (χ1n) is 16.4. The highest BCUT2D eigenvalue weighted by Crippen LogP contribution is 2.33. The molecule has 0 atom stereocenters. The van der Waals surface area contributed by atoms with Crippen LogP contribution in [0.5, 0.6) is 5.75 Å². The number of para-hydroxylation sites is 1. The summed E-state index contributed by atoms with van der Waals surface area (Å²) in [6, 6.07) is 22.5. The van der Waals surface area contributed by atoms with Crippen molar-refractivity contribution in [2.45, 2.75) is 66.6 Å². The summed E-state index contributed by atoms with van der Waals surface area (Å²) < 4.78 is 5.94. The first-order valence-corrected chi connectivity index (χ1v) is 16.4. The second kappa shape index (κ2) is 13.8. The second-order valence-corrected chi connectivity index (χ2v) is 12.6. The molecule has 7 heteroatoms. The lowest BCUT2D eigenvalue weighted by Crippen LogP contribution is -2.18. The molecule has 2 aromatic heterocycles. The molecular formula is C39H43N5O2. The van der Waals surface area contributed by atoms with E-state index >= 15 is 0 Å². The molecule has 7 nitrogen and oxygen atoms in total. The van der Waals surface area contributed by atoms with Crippen LogP contribution >= 0.6 is 0 Å². The number of benzene rings is 3. The molecule has 5 aromatic rings. The molecule has 0 bridgehead atoms. The molecular weight excluding hydrogens is 570 g/mol. The Kier molecular flexibility index (Phi) is 9.37. The van der Waals surface area contributed by atoms with Crippen LogP contribution in [-0.4, -0.2) is 41.3 Å². The van der Waals surface area contributed by atoms with Crippen LogP contribution in [0.1, 0.15) is 64.9 Å². The van der Waals surface area contributed by atoms with Crippen molar-refractivity contribution < 1.29 is 9.84 Å². The van der Waals surface area contributed by atoms with Gasteiger partial charge >= 0.3 is 0 Å². The summed E-state index contributed by atoms with van der Waals surface area (Å²) in [5, 5.41) is 21.0. The Bertz CT molecular complexity index is 1920. The summed E-state index contributed by atoms with van der Waals surface area (Å²) in [5.41, 5.74) is 11.6. The third kappa shape index (κ3) is 6.63. The molecule has 0 spiro atoms. The van der Waals surface area contributed by atoms with Gasteiger partial charge in [0.2, 0.25) is 0 Å². The summed E-state index contributed by atoms with van der Waals surface area (Å²) >= 11 is 0. The van der Waals surface area contributed by atoms with Crippen LogP contribution in [0.4, 0.5) is 11.4 Å². The maximum atomic E-state index is 9.39. The largest absolute Gasteiger partial charge is 0.488 e. The van der Waals surface area contributed by atoms with E-state index in [1.165, 1.54) is 53.4 Å². The number of anilines is 2. The van der Waals surface area contributed by atoms with E-state index in [0.29, 0.717) is 17.9 Å². The van der Waals surface area contributed by atoms with E-state index in [1.54, 1.807) is 6.07 Å². The standard InChI is InChI=1S/C23H23N3O.C16H20N2O/c1-16-11-20-21(25-17(2)12-22(20)26-9-5-6-10-26)13-19(16)15-27-23-8-4-3-7-18(23)14-24;1-11-7-14-15(9-13(11)10-19)17-12(2)8-16(14)18-5-3-4-6-18/h3-4,7-8,11-13H,5-6,9-10,15H2,1-2H3;7-9,19H,3-6,10H2,1-2H3. The zero-order valence-corrected chi connectivity index (χ0v) is 27.4. The third-order valence-corrected chi connectivity index (χ3v) is 9.20. The lowest BCUT2D eigenvalue weighted by atomic mass is 10.0. The van der Waals surface area contributed by atoms with Gasteiger partial charge in [-0.2, -0.15) is 5.26 Å². The molecule has 2 fully saturated rings. The number of hydrogen-bond acceptors (Lipinski definition) is 7. The molecule has 1 N–H and O–H groups in total. The van der Waals surface area contributed by atoms with E-state index < -0.39 is 0 Å². The van der Waals surface area contributed by atoms with E-state index in [9.17, 15) is 10.4 Å². The monoisotopic (exact) mass is 613 g/mol. The van der Waals surface area contributed by atoms with Crippen LogP contribution in [0.25, 0.3) is 21.8 Å². The lowest BCUT2D eigenvalue weighted by molar-refractivity contribution is 0.281. The van der Waals surface area contributed by atoms with Crippen LogP contribution < -0.4 is 14.5 Å². The quantitative estimate of drug-likeness (QED) is 0.209. The molecule has 0 amide bonds. The molecule has 46 heavy (non-hydrogen) atoms. The van der Waals surface area contributed by atoms with E-state index in [2.05, 4.69) is 72.0 Å². The Balaban J connectivity index is 0.000000172. The molecule has 4 heterocycles. The van der Waals surface area contributed by atoms with Gasteiger partial charge in [-0.1, -0.05) is 12.1 Å². The normalized spacial score (nSPS) is 14.4. The van der Waals surface area contributed by atoms with Gasteiger partial charge in [-0.3, -0.25) is 9.97 Å². The average Bonchev–Trinajstić information content (AvgIpc) is 3.79. The molecule has 0 saturated carbocycles. The van der Waals surface area contributed by atoms with Crippen molar-refractivity contribution in [3.8, 4) is 11.8 Å². The summed E-state index contributed by atoms with van der Waals surface area (Å²) in [6.45, 7) is 13.3. The number of nitriles is 1. The first kappa shape index (κ1) is 31.3. The van der Waals surface area contributed by atoms with Gasteiger partial charge in [-0.05, 0) is 124 Å². The minimum absolute atomic E-state index is 0.0798. The fourth-order valence-corrected chi connectivity index (χ4v) is 6.68. The fourth-order valence-electron chi connectivity index (χ4n) is 6.68. The smallest absolute Gasteiger partial charge is 0.137 e. The molecule has 0 aliphatic carbocycles. The van der Waals surface area contributed by atoms with Crippen molar-refractivity contribution in [2.75, 3.05) is 36.0 Å². The van der Waals surface area contributed by atoms with Crippen molar-refractivity contribution in [1.82, 2.24) is 9.97 Å². The van der Waals surface area contributed by atoms with Crippen molar-refractivity contribution in [1.29, 1.82) is 5.26 Å². The number of hydrogen-bond donors (Lipinski definition) is 1. The predicted octanol–water partition coefficient (Wildman–Crippen LogP) is 7.85. The summed E-state index contributed by atoms with van der Waals surface area (Å²) in [7, 11) is 0. The van der Waals surface area contributed by atoms with Crippen LogP contribution in [-0.2, 0) is 13.2 Å². The van der Waals surface area contributed by atoms with Crippen LogP contribution in [0.2, 0.25) is 0 Å².